The number of nitrogens with zero attached hydrogens (tertiary/aromatic N) is 2. The Balaban J connectivity index is 1.57. The standard InChI is InChI=1S/C19H23BN4O3/c1-18(2)19(3,4)27-20(26-18)13-6-5-12-9-15(23-14(12)10-13)17(25)24-16-11-21-7-8-22-16/h5-11,17,23,25H,1-4H3,(H,22,24). The Morgan fingerprint density at radius 1 is 1.11 bits per heavy atom. The van der Waals surface area contributed by atoms with Gasteiger partial charge in [0.2, 0.25) is 0 Å². The van der Waals surface area contributed by atoms with Crippen LogP contribution in [0, 0.1) is 0 Å². The minimum absolute atomic E-state index is 0.385. The summed E-state index contributed by atoms with van der Waals surface area (Å²) in [6.07, 6.45) is 3.78. The van der Waals surface area contributed by atoms with Crippen LogP contribution in [0.4, 0.5) is 5.82 Å². The van der Waals surface area contributed by atoms with Crippen LogP contribution >= 0.6 is 0 Å². The van der Waals surface area contributed by atoms with E-state index in [0.717, 1.165) is 16.4 Å². The van der Waals surface area contributed by atoms with Gasteiger partial charge in [-0.3, -0.25) is 4.98 Å². The third-order valence-corrected chi connectivity index (χ3v) is 5.34. The molecule has 0 radical (unpaired) electrons. The highest BCUT2D eigenvalue weighted by atomic mass is 16.7. The lowest BCUT2D eigenvalue weighted by atomic mass is 9.79. The number of nitrogens with one attached hydrogen (secondary N) is 2. The molecule has 27 heavy (non-hydrogen) atoms. The molecule has 1 fully saturated rings. The van der Waals surface area contributed by atoms with Gasteiger partial charge in [0.1, 0.15) is 5.82 Å². The molecular formula is C19H23BN4O3. The maximum absolute atomic E-state index is 10.4. The molecule has 7 nitrogen and oxygen atoms in total. The van der Waals surface area contributed by atoms with Crippen LogP contribution in [-0.2, 0) is 9.31 Å². The van der Waals surface area contributed by atoms with Crippen LogP contribution in [0.5, 0.6) is 0 Å². The van der Waals surface area contributed by atoms with Gasteiger partial charge in [0, 0.05) is 17.9 Å². The van der Waals surface area contributed by atoms with Gasteiger partial charge in [-0.05, 0) is 50.7 Å². The molecule has 3 aromatic rings. The Bertz CT molecular complexity index is 942. The predicted molar refractivity (Wildman–Crippen MR) is 105 cm³/mol. The van der Waals surface area contributed by atoms with Gasteiger partial charge in [0.15, 0.2) is 6.23 Å². The average molecular weight is 366 g/mol. The summed E-state index contributed by atoms with van der Waals surface area (Å²) < 4.78 is 12.2. The van der Waals surface area contributed by atoms with Crippen molar-refractivity contribution in [3.8, 4) is 0 Å². The highest BCUT2D eigenvalue weighted by Gasteiger charge is 2.51. The molecule has 0 saturated carbocycles. The van der Waals surface area contributed by atoms with Crippen LogP contribution in [0.15, 0.2) is 42.9 Å². The number of benzene rings is 1. The van der Waals surface area contributed by atoms with Crippen LogP contribution < -0.4 is 10.8 Å². The van der Waals surface area contributed by atoms with Crippen molar-refractivity contribution in [1.29, 1.82) is 0 Å². The van der Waals surface area contributed by atoms with Crippen molar-refractivity contribution in [2.45, 2.75) is 45.1 Å². The molecule has 4 rings (SSSR count). The first-order valence-electron chi connectivity index (χ1n) is 8.94. The van der Waals surface area contributed by atoms with Crippen LogP contribution in [-0.4, -0.2) is 38.4 Å². The quantitative estimate of drug-likeness (QED) is 0.485. The van der Waals surface area contributed by atoms with Crippen LogP contribution in [0.25, 0.3) is 10.9 Å². The maximum atomic E-state index is 10.4. The number of aliphatic hydroxyl groups is 1. The second-order valence-corrected chi connectivity index (χ2v) is 7.80. The molecule has 140 valence electrons. The molecule has 1 saturated heterocycles. The number of aliphatic hydroxyl groups excluding tert-OH is 1. The van der Waals surface area contributed by atoms with E-state index in [1.165, 1.54) is 0 Å². The second-order valence-electron chi connectivity index (χ2n) is 7.80. The number of aromatic nitrogens is 3. The highest BCUT2D eigenvalue weighted by molar-refractivity contribution is 6.62. The molecule has 0 bridgehead atoms. The molecule has 0 amide bonds. The summed E-state index contributed by atoms with van der Waals surface area (Å²) in [7, 11) is -0.422. The molecule has 0 aliphatic carbocycles. The Morgan fingerprint density at radius 2 is 1.85 bits per heavy atom. The summed E-state index contributed by atoms with van der Waals surface area (Å²) >= 11 is 0. The van der Waals surface area contributed by atoms with Gasteiger partial charge < -0.3 is 24.7 Å². The van der Waals surface area contributed by atoms with Crippen LogP contribution in [0.1, 0.15) is 39.6 Å². The molecule has 1 aliphatic heterocycles. The van der Waals surface area contributed by atoms with E-state index >= 15 is 0 Å². The zero-order valence-electron chi connectivity index (χ0n) is 15.9. The summed E-state index contributed by atoms with van der Waals surface area (Å²) in [5.41, 5.74) is 1.71. The lowest BCUT2D eigenvalue weighted by Crippen LogP contribution is -2.41. The molecule has 1 atom stereocenters. The van der Waals surface area contributed by atoms with E-state index in [2.05, 4.69) is 20.3 Å². The number of fused-ring (bicyclic) bond motifs is 1. The zero-order valence-corrected chi connectivity index (χ0v) is 15.9. The highest BCUT2D eigenvalue weighted by Crippen LogP contribution is 2.36. The van der Waals surface area contributed by atoms with Gasteiger partial charge in [0.05, 0.1) is 23.1 Å². The van der Waals surface area contributed by atoms with Crippen molar-refractivity contribution in [1.82, 2.24) is 15.0 Å². The number of rotatable bonds is 4. The molecule has 1 unspecified atom stereocenters. The predicted octanol–water partition coefficient (Wildman–Crippen LogP) is 2.36. The van der Waals surface area contributed by atoms with Crippen molar-refractivity contribution >= 4 is 29.3 Å². The van der Waals surface area contributed by atoms with Crippen LogP contribution in [0.2, 0.25) is 0 Å². The minimum atomic E-state index is -0.922. The summed E-state index contributed by atoms with van der Waals surface area (Å²) in [5, 5.41) is 14.3. The fraction of sp³-hybridized carbons (Fsp3) is 0.368. The summed E-state index contributed by atoms with van der Waals surface area (Å²) in [4.78, 5) is 11.3. The largest absolute Gasteiger partial charge is 0.494 e. The topological polar surface area (TPSA) is 92.3 Å². The van der Waals surface area contributed by atoms with Crippen molar-refractivity contribution in [3.05, 3.63) is 48.5 Å². The Morgan fingerprint density at radius 3 is 2.52 bits per heavy atom. The minimum Gasteiger partial charge on any atom is -0.399 e. The number of anilines is 1. The van der Waals surface area contributed by atoms with E-state index < -0.39 is 13.3 Å². The Hall–Kier alpha value is -2.42. The fourth-order valence-electron chi connectivity index (χ4n) is 3.03. The van der Waals surface area contributed by atoms with Gasteiger partial charge in [-0.25, -0.2) is 4.98 Å². The smallest absolute Gasteiger partial charge is 0.399 e. The molecule has 2 aromatic heterocycles. The number of H-pyrrole nitrogens is 1. The molecule has 3 N–H and O–H groups in total. The molecule has 3 heterocycles. The van der Waals surface area contributed by atoms with Crippen molar-refractivity contribution in [2.75, 3.05) is 5.32 Å². The van der Waals surface area contributed by atoms with Gasteiger partial charge in [-0.15, -0.1) is 0 Å². The fourth-order valence-corrected chi connectivity index (χ4v) is 3.03. The first-order valence-corrected chi connectivity index (χ1v) is 8.94. The lowest BCUT2D eigenvalue weighted by Gasteiger charge is -2.32. The van der Waals surface area contributed by atoms with Crippen molar-refractivity contribution in [2.24, 2.45) is 0 Å². The van der Waals surface area contributed by atoms with Crippen LogP contribution in [0.3, 0.4) is 0 Å². The van der Waals surface area contributed by atoms with Crippen molar-refractivity contribution in [3.63, 3.8) is 0 Å². The summed E-state index contributed by atoms with van der Waals surface area (Å²) in [6, 6.07) is 7.88. The van der Waals surface area contributed by atoms with E-state index in [9.17, 15) is 5.11 Å². The van der Waals surface area contributed by atoms with Gasteiger partial charge in [0.25, 0.3) is 0 Å². The maximum Gasteiger partial charge on any atom is 0.494 e. The third kappa shape index (κ3) is 3.31. The van der Waals surface area contributed by atoms with E-state index in [-0.39, 0.29) is 11.2 Å². The summed E-state index contributed by atoms with van der Waals surface area (Å²) in [5.74, 6) is 0.501. The van der Waals surface area contributed by atoms with E-state index in [0.29, 0.717) is 11.5 Å². The van der Waals surface area contributed by atoms with E-state index in [4.69, 9.17) is 9.31 Å². The number of hydrogen-bond acceptors (Lipinski definition) is 6. The van der Waals surface area contributed by atoms with Gasteiger partial charge in [-0.2, -0.15) is 0 Å². The second kappa shape index (κ2) is 6.33. The SMILES string of the molecule is CC1(C)OB(c2ccc3cc(C(O)Nc4cnccn4)[nH]c3c2)OC1(C)C. The average Bonchev–Trinajstić information content (AvgIpc) is 3.13. The normalized spacial score (nSPS) is 19.4. The Labute approximate surface area is 158 Å². The molecular weight excluding hydrogens is 343 g/mol. The van der Waals surface area contributed by atoms with Crippen molar-refractivity contribution < 1.29 is 14.4 Å². The Kier molecular flexibility index (Phi) is 4.22. The van der Waals surface area contributed by atoms with E-state index in [1.54, 1.807) is 18.6 Å². The molecule has 8 heteroatoms. The third-order valence-electron chi connectivity index (χ3n) is 5.34. The summed E-state index contributed by atoms with van der Waals surface area (Å²) in [6.45, 7) is 8.14. The lowest BCUT2D eigenvalue weighted by molar-refractivity contribution is 0.00578. The number of aromatic amines is 1. The first kappa shape index (κ1) is 18.0. The van der Waals surface area contributed by atoms with E-state index in [1.807, 2.05) is 52.0 Å². The zero-order chi connectivity index (χ0) is 19.2. The molecule has 0 spiro atoms. The number of hydrogen-bond donors (Lipinski definition) is 3. The molecule has 1 aromatic carbocycles. The molecule has 1 aliphatic rings. The van der Waals surface area contributed by atoms with Gasteiger partial charge >= 0.3 is 7.12 Å². The monoisotopic (exact) mass is 366 g/mol. The van der Waals surface area contributed by atoms with Gasteiger partial charge in [-0.1, -0.05) is 12.1 Å². The first-order chi connectivity index (χ1) is 12.7.